The van der Waals surface area contributed by atoms with E-state index >= 15 is 0 Å². The maximum atomic E-state index is 12.3. The van der Waals surface area contributed by atoms with Crippen LogP contribution in [-0.4, -0.2) is 28.6 Å². The minimum atomic E-state index is -3.84. The molecule has 0 heterocycles. The number of hydrogen-bond acceptors (Lipinski definition) is 6. The van der Waals surface area contributed by atoms with Crippen molar-refractivity contribution in [3.8, 4) is 0 Å². The van der Waals surface area contributed by atoms with Crippen LogP contribution < -0.4 is 16.0 Å². The summed E-state index contributed by atoms with van der Waals surface area (Å²) in [5, 5.41) is 0. The molecule has 0 amide bonds. The number of anilines is 1. The predicted molar refractivity (Wildman–Crippen MR) is 75.3 cm³/mol. The second-order valence-corrected chi connectivity index (χ2v) is 8.91. The summed E-state index contributed by atoms with van der Waals surface area (Å²) in [5.74, 6) is 5.29. The highest BCUT2D eigenvalue weighted by Gasteiger charge is 2.41. The Kier molecular flexibility index (Phi) is 3.57. The highest BCUT2D eigenvalue weighted by Crippen LogP contribution is 2.37. The Morgan fingerprint density at radius 3 is 2.25 bits per heavy atom. The molecule has 0 saturated heterocycles. The molecule has 1 aliphatic carbocycles. The fraction of sp³-hybridized carbons (Fsp3) is 0.455. The van der Waals surface area contributed by atoms with Crippen molar-refractivity contribution in [3.05, 3.63) is 18.2 Å². The first-order chi connectivity index (χ1) is 9.07. The van der Waals surface area contributed by atoms with Crippen LogP contribution in [0, 0.1) is 0 Å². The van der Waals surface area contributed by atoms with Gasteiger partial charge in [0, 0.05) is 11.8 Å². The molecule has 0 bridgehead atoms. The lowest BCUT2D eigenvalue weighted by Gasteiger charge is -2.15. The molecule has 1 saturated carbocycles. The molecule has 0 spiro atoms. The van der Waals surface area contributed by atoms with Crippen molar-refractivity contribution in [2.24, 2.45) is 5.84 Å². The average molecular weight is 319 g/mol. The number of sulfone groups is 1. The summed E-state index contributed by atoms with van der Waals surface area (Å²) < 4.78 is 50.3. The molecule has 1 fully saturated rings. The first-order valence-corrected chi connectivity index (χ1v) is 9.30. The van der Waals surface area contributed by atoms with Gasteiger partial charge in [0.1, 0.15) is 4.90 Å². The van der Waals surface area contributed by atoms with Crippen LogP contribution in [0.4, 0.5) is 5.69 Å². The van der Waals surface area contributed by atoms with E-state index in [0.29, 0.717) is 0 Å². The Bertz CT molecular complexity index is 737. The fourth-order valence-electron chi connectivity index (χ4n) is 1.74. The monoisotopic (exact) mass is 319 g/mol. The lowest BCUT2D eigenvalue weighted by atomic mass is 10.3. The van der Waals surface area contributed by atoms with E-state index in [2.05, 4.69) is 10.1 Å². The molecule has 0 unspecified atom stereocenters. The van der Waals surface area contributed by atoms with Gasteiger partial charge in [0.2, 0.25) is 10.0 Å². The molecule has 1 aliphatic rings. The smallest absolute Gasteiger partial charge is 0.243 e. The fourth-order valence-corrected chi connectivity index (χ4v) is 4.13. The lowest BCUT2D eigenvalue weighted by molar-refractivity contribution is 0.558. The van der Waals surface area contributed by atoms with Gasteiger partial charge in [0.15, 0.2) is 9.84 Å². The number of hydrazine groups is 1. The minimum absolute atomic E-state index is 0.0715. The van der Waals surface area contributed by atoms with Crippen molar-refractivity contribution in [1.29, 1.82) is 0 Å². The van der Waals surface area contributed by atoms with Crippen molar-refractivity contribution in [3.63, 3.8) is 0 Å². The largest absolute Gasteiger partial charge is 0.323 e. The molecule has 0 aliphatic heterocycles. The summed E-state index contributed by atoms with van der Waals surface area (Å²) in [6.07, 6.45) is 2.52. The molecule has 9 heteroatoms. The van der Waals surface area contributed by atoms with Crippen LogP contribution in [0.25, 0.3) is 0 Å². The van der Waals surface area contributed by atoms with Crippen molar-refractivity contribution < 1.29 is 16.8 Å². The SMILES string of the molecule is CC1(NS(=O)(=O)c2cc(S(C)(=O)=O)ccc2NN)CC1. The van der Waals surface area contributed by atoms with Crippen LogP contribution in [0.5, 0.6) is 0 Å². The standard InChI is InChI=1S/C11H17N3O4S2/c1-11(5-6-11)14-20(17,18)10-7-8(19(2,15)16)3-4-9(10)13-12/h3-4,7,13-14H,5-6,12H2,1-2H3. The zero-order chi connectivity index (χ0) is 15.2. The second kappa shape index (κ2) is 4.69. The van der Waals surface area contributed by atoms with Crippen LogP contribution in [0.3, 0.4) is 0 Å². The van der Waals surface area contributed by atoms with Crippen molar-refractivity contribution in [2.45, 2.75) is 35.1 Å². The van der Waals surface area contributed by atoms with Crippen LogP contribution in [0.1, 0.15) is 19.8 Å². The molecule has 20 heavy (non-hydrogen) atoms. The van der Waals surface area contributed by atoms with Crippen molar-refractivity contribution in [2.75, 3.05) is 11.7 Å². The molecule has 1 aromatic carbocycles. The van der Waals surface area contributed by atoms with E-state index in [1.165, 1.54) is 12.1 Å². The Labute approximate surface area is 118 Å². The van der Waals surface area contributed by atoms with Gasteiger partial charge >= 0.3 is 0 Å². The Morgan fingerprint density at radius 2 is 1.80 bits per heavy atom. The zero-order valence-corrected chi connectivity index (χ0v) is 12.8. The second-order valence-electron chi connectivity index (χ2n) is 5.24. The number of nitrogen functional groups attached to an aromatic ring is 1. The van der Waals surface area contributed by atoms with Gasteiger partial charge in [0.05, 0.1) is 10.6 Å². The molecule has 0 radical (unpaired) electrons. The normalized spacial score (nSPS) is 17.8. The third kappa shape index (κ3) is 3.11. The van der Waals surface area contributed by atoms with E-state index < -0.39 is 25.4 Å². The Balaban J connectivity index is 2.53. The molecule has 7 nitrogen and oxygen atoms in total. The van der Waals surface area contributed by atoms with E-state index in [0.717, 1.165) is 25.2 Å². The van der Waals surface area contributed by atoms with Crippen LogP contribution in [-0.2, 0) is 19.9 Å². The van der Waals surface area contributed by atoms with Gasteiger partial charge in [-0.25, -0.2) is 21.6 Å². The lowest BCUT2D eigenvalue weighted by Crippen LogP contribution is -2.35. The van der Waals surface area contributed by atoms with Gasteiger partial charge in [-0.2, -0.15) is 0 Å². The summed E-state index contributed by atoms with van der Waals surface area (Å²) >= 11 is 0. The molecular formula is C11H17N3O4S2. The first kappa shape index (κ1) is 15.2. The number of nitrogens with two attached hydrogens (primary N) is 1. The van der Waals surface area contributed by atoms with Crippen LogP contribution >= 0.6 is 0 Å². The number of benzene rings is 1. The number of nitrogens with one attached hydrogen (secondary N) is 2. The average Bonchev–Trinajstić information content (AvgIpc) is 3.03. The van der Waals surface area contributed by atoms with Gasteiger partial charge in [-0.3, -0.25) is 5.84 Å². The van der Waals surface area contributed by atoms with Crippen molar-refractivity contribution >= 4 is 25.5 Å². The van der Waals surface area contributed by atoms with Gasteiger partial charge in [0.25, 0.3) is 0 Å². The van der Waals surface area contributed by atoms with E-state index in [1.807, 2.05) is 0 Å². The van der Waals surface area contributed by atoms with Crippen LogP contribution in [0.15, 0.2) is 28.0 Å². The van der Waals surface area contributed by atoms with E-state index in [-0.39, 0.29) is 15.5 Å². The highest BCUT2D eigenvalue weighted by atomic mass is 32.2. The third-order valence-electron chi connectivity index (χ3n) is 3.21. The Morgan fingerprint density at radius 1 is 1.20 bits per heavy atom. The van der Waals surface area contributed by atoms with Gasteiger partial charge in [-0.05, 0) is 38.0 Å². The van der Waals surface area contributed by atoms with Crippen molar-refractivity contribution in [1.82, 2.24) is 4.72 Å². The van der Waals surface area contributed by atoms with Gasteiger partial charge in [-0.1, -0.05) is 0 Å². The number of rotatable bonds is 5. The van der Waals surface area contributed by atoms with E-state index in [9.17, 15) is 16.8 Å². The first-order valence-electron chi connectivity index (χ1n) is 5.92. The summed E-state index contributed by atoms with van der Waals surface area (Å²) in [5.41, 5.74) is 1.97. The summed E-state index contributed by atoms with van der Waals surface area (Å²) in [6.45, 7) is 1.79. The highest BCUT2D eigenvalue weighted by molar-refractivity contribution is 7.91. The summed E-state index contributed by atoms with van der Waals surface area (Å²) in [4.78, 5) is -0.242. The minimum Gasteiger partial charge on any atom is -0.323 e. The number of sulfonamides is 1. The molecule has 4 N–H and O–H groups in total. The van der Waals surface area contributed by atoms with Crippen LogP contribution in [0.2, 0.25) is 0 Å². The maximum absolute atomic E-state index is 12.3. The topological polar surface area (TPSA) is 118 Å². The number of hydrogen-bond donors (Lipinski definition) is 3. The third-order valence-corrected chi connectivity index (χ3v) is 6.00. The van der Waals surface area contributed by atoms with E-state index in [1.54, 1.807) is 6.92 Å². The molecule has 0 atom stereocenters. The van der Waals surface area contributed by atoms with Gasteiger partial charge in [-0.15, -0.1) is 0 Å². The molecule has 1 aromatic rings. The van der Waals surface area contributed by atoms with E-state index in [4.69, 9.17) is 5.84 Å². The molecular weight excluding hydrogens is 302 g/mol. The molecule has 0 aromatic heterocycles. The molecule has 112 valence electrons. The predicted octanol–water partition coefficient (Wildman–Crippen LogP) is 0.207. The molecule has 2 rings (SSSR count). The zero-order valence-electron chi connectivity index (χ0n) is 11.2. The maximum Gasteiger partial charge on any atom is 0.243 e. The summed E-state index contributed by atoms with van der Waals surface area (Å²) in [7, 11) is -7.34. The quantitative estimate of drug-likeness (QED) is 0.527. The Hall–Kier alpha value is -1.16. The van der Waals surface area contributed by atoms with Gasteiger partial charge < -0.3 is 5.43 Å². The summed E-state index contributed by atoms with van der Waals surface area (Å²) in [6, 6.07) is 3.75.